The van der Waals surface area contributed by atoms with Gasteiger partial charge in [0.1, 0.15) is 0 Å². The number of nitrogens with one attached hydrogen (secondary N) is 1. The summed E-state index contributed by atoms with van der Waals surface area (Å²) in [5.74, 6) is 0.0673. The molecule has 0 saturated heterocycles. The maximum Gasteiger partial charge on any atom is 0.240 e. The van der Waals surface area contributed by atoms with Crippen molar-refractivity contribution in [2.75, 3.05) is 18.0 Å². The first-order valence-electron chi connectivity index (χ1n) is 7.01. The highest BCUT2D eigenvalue weighted by Gasteiger charge is 2.12. The summed E-state index contributed by atoms with van der Waals surface area (Å²) in [7, 11) is 0. The molecular formula is C17H19ClN2O. The molecule has 0 atom stereocenters. The molecule has 0 heterocycles. The first-order valence-corrected chi connectivity index (χ1v) is 7.39. The van der Waals surface area contributed by atoms with E-state index in [9.17, 15) is 4.79 Å². The van der Waals surface area contributed by atoms with E-state index in [1.807, 2.05) is 61.5 Å². The molecule has 4 heteroatoms. The van der Waals surface area contributed by atoms with Crippen LogP contribution in [0.4, 0.5) is 5.69 Å². The molecule has 0 aliphatic carbocycles. The lowest BCUT2D eigenvalue weighted by atomic mass is 10.2. The van der Waals surface area contributed by atoms with Gasteiger partial charge in [0.15, 0.2) is 0 Å². The molecule has 0 aliphatic heterocycles. The summed E-state index contributed by atoms with van der Waals surface area (Å²) in [6, 6.07) is 17.3. The van der Waals surface area contributed by atoms with Crippen LogP contribution in [0.2, 0.25) is 5.02 Å². The summed E-state index contributed by atoms with van der Waals surface area (Å²) in [5, 5.41) is 3.89. The van der Waals surface area contributed by atoms with E-state index in [4.69, 9.17) is 11.6 Å². The van der Waals surface area contributed by atoms with Crippen LogP contribution in [-0.4, -0.2) is 19.0 Å². The predicted molar refractivity (Wildman–Crippen MR) is 87.6 cm³/mol. The zero-order chi connectivity index (χ0) is 15.1. The highest BCUT2D eigenvalue weighted by atomic mass is 35.5. The number of anilines is 1. The molecule has 0 bridgehead atoms. The number of hydrogen-bond donors (Lipinski definition) is 1. The third-order valence-corrected chi connectivity index (χ3v) is 3.46. The van der Waals surface area contributed by atoms with Gasteiger partial charge in [0.25, 0.3) is 0 Å². The number of carbonyl (C=O) groups is 1. The third kappa shape index (κ3) is 4.59. The Morgan fingerprint density at radius 1 is 1.10 bits per heavy atom. The minimum absolute atomic E-state index is 0.0673. The molecule has 110 valence electrons. The lowest BCUT2D eigenvalue weighted by Gasteiger charge is -2.21. The van der Waals surface area contributed by atoms with Crippen molar-refractivity contribution >= 4 is 23.2 Å². The van der Waals surface area contributed by atoms with Crippen LogP contribution in [0.15, 0.2) is 54.6 Å². The highest BCUT2D eigenvalue weighted by Crippen LogP contribution is 2.13. The summed E-state index contributed by atoms with van der Waals surface area (Å²) in [6.07, 6.45) is 0. The average molecular weight is 303 g/mol. The van der Waals surface area contributed by atoms with Gasteiger partial charge in [-0.1, -0.05) is 41.9 Å². The molecule has 0 unspecified atom stereocenters. The molecule has 2 aromatic rings. The van der Waals surface area contributed by atoms with E-state index in [2.05, 4.69) is 5.32 Å². The number of nitrogens with zero attached hydrogens (tertiary/aromatic N) is 1. The SMILES string of the molecule is CCN(C(=O)CNCc1ccc(Cl)cc1)c1ccccc1. The Bertz CT molecular complexity index is 569. The second kappa shape index (κ2) is 7.81. The van der Waals surface area contributed by atoms with Crippen LogP contribution in [0.3, 0.4) is 0 Å². The molecule has 0 radical (unpaired) electrons. The fourth-order valence-electron chi connectivity index (χ4n) is 2.12. The molecule has 0 saturated carbocycles. The number of benzene rings is 2. The standard InChI is InChI=1S/C17H19ClN2O/c1-2-20(16-6-4-3-5-7-16)17(21)13-19-12-14-8-10-15(18)11-9-14/h3-11,19H,2,12-13H2,1H3. The van der Waals surface area contributed by atoms with Gasteiger partial charge in [0.05, 0.1) is 6.54 Å². The molecule has 2 aromatic carbocycles. The van der Waals surface area contributed by atoms with E-state index >= 15 is 0 Å². The molecule has 1 N–H and O–H groups in total. The lowest BCUT2D eigenvalue weighted by Crippen LogP contribution is -2.38. The van der Waals surface area contributed by atoms with Crippen LogP contribution in [0.25, 0.3) is 0 Å². The van der Waals surface area contributed by atoms with Crippen LogP contribution in [0, 0.1) is 0 Å². The normalized spacial score (nSPS) is 10.4. The van der Waals surface area contributed by atoms with E-state index < -0.39 is 0 Å². The predicted octanol–water partition coefficient (Wildman–Crippen LogP) is 3.48. The number of amides is 1. The Morgan fingerprint density at radius 2 is 1.76 bits per heavy atom. The van der Waals surface area contributed by atoms with E-state index in [0.717, 1.165) is 16.3 Å². The monoisotopic (exact) mass is 302 g/mol. The Labute approximate surface area is 130 Å². The molecular weight excluding hydrogens is 284 g/mol. The number of hydrogen-bond acceptors (Lipinski definition) is 2. The van der Waals surface area contributed by atoms with Crippen molar-refractivity contribution in [3.8, 4) is 0 Å². The maximum absolute atomic E-state index is 12.3. The van der Waals surface area contributed by atoms with Crippen molar-refractivity contribution in [3.05, 3.63) is 65.2 Å². The van der Waals surface area contributed by atoms with Crippen molar-refractivity contribution in [1.82, 2.24) is 5.32 Å². The Kier molecular flexibility index (Phi) is 5.78. The number of carbonyl (C=O) groups excluding carboxylic acids is 1. The van der Waals surface area contributed by atoms with Crippen molar-refractivity contribution in [2.24, 2.45) is 0 Å². The second-order valence-electron chi connectivity index (χ2n) is 4.70. The van der Waals surface area contributed by atoms with E-state index in [-0.39, 0.29) is 5.91 Å². The summed E-state index contributed by atoms with van der Waals surface area (Å²) < 4.78 is 0. The lowest BCUT2D eigenvalue weighted by molar-refractivity contribution is -0.117. The van der Waals surface area contributed by atoms with Gasteiger partial charge in [-0.05, 0) is 36.8 Å². The van der Waals surface area contributed by atoms with Crippen molar-refractivity contribution in [2.45, 2.75) is 13.5 Å². The van der Waals surface area contributed by atoms with E-state index in [1.165, 1.54) is 0 Å². The van der Waals surface area contributed by atoms with Gasteiger partial charge in [-0.15, -0.1) is 0 Å². The minimum atomic E-state index is 0.0673. The summed E-state index contributed by atoms with van der Waals surface area (Å²) in [4.78, 5) is 14.0. The smallest absolute Gasteiger partial charge is 0.240 e. The van der Waals surface area contributed by atoms with Gasteiger partial charge < -0.3 is 10.2 Å². The molecule has 0 spiro atoms. The Morgan fingerprint density at radius 3 is 2.38 bits per heavy atom. The molecule has 0 fully saturated rings. The van der Waals surface area contributed by atoms with Gasteiger partial charge in [-0.3, -0.25) is 4.79 Å². The number of rotatable bonds is 6. The van der Waals surface area contributed by atoms with E-state index in [1.54, 1.807) is 4.90 Å². The van der Waals surface area contributed by atoms with Gasteiger partial charge in [0.2, 0.25) is 5.91 Å². The molecule has 21 heavy (non-hydrogen) atoms. The van der Waals surface area contributed by atoms with E-state index in [0.29, 0.717) is 19.6 Å². The number of likely N-dealkylation sites (N-methyl/N-ethyl adjacent to an activating group) is 1. The van der Waals surface area contributed by atoms with Crippen LogP contribution in [0.5, 0.6) is 0 Å². The maximum atomic E-state index is 12.3. The first-order chi connectivity index (χ1) is 10.2. The number of halogens is 1. The van der Waals surface area contributed by atoms with Crippen molar-refractivity contribution in [3.63, 3.8) is 0 Å². The van der Waals surface area contributed by atoms with Gasteiger partial charge in [-0.25, -0.2) is 0 Å². The first kappa shape index (κ1) is 15.5. The molecule has 3 nitrogen and oxygen atoms in total. The Balaban J connectivity index is 1.87. The highest BCUT2D eigenvalue weighted by molar-refractivity contribution is 6.30. The minimum Gasteiger partial charge on any atom is -0.312 e. The van der Waals surface area contributed by atoms with Crippen LogP contribution in [-0.2, 0) is 11.3 Å². The quantitative estimate of drug-likeness (QED) is 0.886. The molecule has 0 aromatic heterocycles. The summed E-state index contributed by atoms with van der Waals surface area (Å²) >= 11 is 5.84. The fraction of sp³-hybridized carbons (Fsp3) is 0.235. The second-order valence-corrected chi connectivity index (χ2v) is 5.14. The molecule has 0 aliphatic rings. The van der Waals surface area contributed by atoms with Crippen molar-refractivity contribution in [1.29, 1.82) is 0 Å². The largest absolute Gasteiger partial charge is 0.312 e. The summed E-state index contributed by atoms with van der Waals surface area (Å²) in [5.41, 5.74) is 2.04. The van der Waals surface area contributed by atoms with Crippen LogP contribution < -0.4 is 10.2 Å². The third-order valence-electron chi connectivity index (χ3n) is 3.20. The van der Waals surface area contributed by atoms with Crippen LogP contribution >= 0.6 is 11.6 Å². The topological polar surface area (TPSA) is 32.3 Å². The van der Waals surface area contributed by atoms with Gasteiger partial charge >= 0.3 is 0 Å². The molecule has 1 amide bonds. The zero-order valence-corrected chi connectivity index (χ0v) is 12.8. The zero-order valence-electron chi connectivity index (χ0n) is 12.1. The van der Waals surface area contributed by atoms with Crippen molar-refractivity contribution < 1.29 is 4.79 Å². The average Bonchev–Trinajstić information content (AvgIpc) is 2.51. The number of para-hydroxylation sites is 1. The van der Waals surface area contributed by atoms with Gasteiger partial charge in [0, 0.05) is 23.8 Å². The van der Waals surface area contributed by atoms with Gasteiger partial charge in [-0.2, -0.15) is 0 Å². The molecule has 2 rings (SSSR count). The Hall–Kier alpha value is -1.84. The summed E-state index contributed by atoms with van der Waals surface area (Å²) in [6.45, 7) is 3.59. The fourth-order valence-corrected chi connectivity index (χ4v) is 2.25. The van der Waals surface area contributed by atoms with Crippen LogP contribution in [0.1, 0.15) is 12.5 Å².